The summed E-state index contributed by atoms with van der Waals surface area (Å²) in [4.78, 5) is 13.2. The van der Waals surface area contributed by atoms with E-state index in [4.69, 9.17) is 0 Å². The lowest BCUT2D eigenvalue weighted by molar-refractivity contribution is -0.149. The van der Waals surface area contributed by atoms with Crippen LogP contribution in [0.3, 0.4) is 0 Å². The number of carbonyl (C=O) groups is 1. The Hall–Kier alpha value is -0.850. The van der Waals surface area contributed by atoms with Gasteiger partial charge in [0.05, 0.1) is 0 Å². The van der Waals surface area contributed by atoms with Crippen molar-refractivity contribution in [1.29, 1.82) is 0 Å². The zero-order valence-electron chi connectivity index (χ0n) is 19.8. The van der Waals surface area contributed by atoms with Crippen molar-refractivity contribution in [2.75, 3.05) is 0 Å². The molecule has 0 saturated heterocycles. The summed E-state index contributed by atoms with van der Waals surface area (Å²) in [6.45, 7) is 14.5. The van der Waals surface area contributed by atoms with E-state index >= 15 is 0 Å². The van der Waals surface area contributed by atoms with E-state index in [0.29, 0.717) is 40.8 Å². The molecule has 4 aliphatic carbocycles. The van der Waals surface area contributed by atoms with E-state index in [1.807, 2.05) is 0 Å². The monoisotopic (exact) mass is 396 g/mol. The van der Waals surface area contributed by atoms with Gasteiger partial charge in [-0.3, -0.25) is 4.79 Å². The fraction of sp³-hybridized carbons (Fsp3) is 0.821. The lowest BCUT2D eigenvalue weighted by atomic mass is 9.45. The van der Waals surface area contributed by atoms with Crippen molar-refractivity contribution in [3.05, 3.63) is 24.3 Å². The maximum absolute atomic E-state index is 13.2. The highest BCUT2D eigenvalue weighted by molar-refractivity contribution is 5.83. The van der Waals surface area contributed by atoms with Crippen molar-refractivity contribution in [2.45, 2.75) is 86.5 Å². The van der Waals surface area contributed by atoms with Crippen molar-refractivity contribution in [1.82, 2.24) is 0 Å². The van der Waals surface area contributed by atoms with E-state index in [9.17, 15) is 4.79 Å². The van der Waals surface area contributed by atoms with E-state index in [0.717, 1.165) is 37.0 Å². The summed E-state index contributed by atoms with van der Waals surface area (Å²) >= 11 is 0. The molecule has 0 aromatic heterocycles. The second-order valence-electron chi connectivity index (χ2n) is 12.1. The van der Waals surface area contributed by atoms with Gasteiger partial charge in [0.1, 0.15) is 5.78 Å². The molecule has 0 unspecified atom stereocenters. The standard InChI is InChI=1S/C28H44O/c1-18(2)19(3)10-11-20(4)22-12-13-23-21-17-26(29)25-9-7-8-15-27(25,5)24(21)14-16-28(22,23)6/h7-8,10-11,18-25H,9,12-17H2,1-6H3/t19-,20-,21+,22-,23+,24+,25-,27-,28-/m1/s1. The third-order valence-electron chi connectivity index (χ3n) is 10.5. The molecule has 0 heterocycles. The van der Waals surface area contributed by atoms with E-state index in [1.54, 1.807) is 0 Å². The number of fused-ring (bicyclic) bond motifs is 5. The Balaban J connectivity index is 1.55. The van der Waals surface area contributed by atoms with Crippen LogP contribution in [0.4, 0.5) is 0 Å². The molecule has 162 valence electrons. The number of hydrogen-bond acceptors (Lipinski definition) is 1. The molecule has 29 heavy (non-hydrogen) atoms. The van der Waals surface area contributed by atoms with Crippen LogP contribution in [0, 0.1) is 58.2 Å². The molecule has 0 bridgehead atoms. The highest BCUT2D eigenvalue weighted by atomic mass is 16.1. The number of hydrogen-bond donors (Lipinski definition) is 0. The molecular formula is C28H44O. The van der Waals surface area contributed by atoms with Gasteiger partial charge in [-0.25, -0.2) is 0 Å². The first-order chi connectivity index (χ1) is 13.7. The fourth-order valence-electron chi connectivity index (χ4n) is 8.27. The van der Waals surface area contributed by atoms with Gasteiger partial charge in [-0.05, 0) is 90.8 Å². The molecule has 0 spiro atoms. The van der Waals surface area contributed by atoms with E-state index in [-0.39, 0.29) is 5.41 Å². The van der Waals surface area contributed by atoms with Gasteiger partial charge < -0.3 is 0 Å². The molecule has 4 aliphatic rings. The zero-order chi connectivity index (χ0) is 21.0. The highest BCUT2D eigenvalue weighted by Crippen LogP contribution is 2.67. The number of allylic oxidation sites excluding steroid dienone is 4. The van der Waals surface area contributed by atoms with Crippen LogP contribution in [0.5, 0.6) is 0 Å². The van der Waals surface area contributed by atoms with Gasteiger partial charge in [0.25, 0.3) is 0 Å². The smallest absolute Gasteiger partial charge is 0.137 e. The van der Waals surface area contributed by atoms with Crippen molar-refractivity contribution in [3.8, 4) is 0 Å². The second-order valence-corrected chi connectivity index (χ2v) is 12.1. The largest absolute Gasteiger partial charge is 0.299 e. The summed E-state index contributed by atoms with van der Waals surface area (Å²) in [5.41, 5.74) is 0.659. The van der Waals surface area contributed by atoms with Crippen LogP contribution in [0.15, 0.2) is 24.3 Å². The maximum atomic E-state index is 13.2. The van der Waals surface area contributed by atoms with Crippen LogP contribution in [0.1, 0.15) is 86.5 Å². The molecule has 0 aliphatic heterocycles. The minimum Gasteiger partial charge on any atom is -0.299 e. The quantitative estimate of drug-likeness (QED) is 0.450. The lowest BCUT2D eigenvalue weighted by Gasteiger charge is -2.59. The molecule has 0 aromatic rings. The molecule has 3 fully saturated rings. The fourth-order valence-corrected chi connectivity index (χ4v) is 8.27. The first-order valence-electron chi connectivity index (χ1n) is 12.5. The molecule has 0 amide bonds. The third-order valence-corrected chi connectivity index (χ3v) is 10.5. The first-order valence-corrected chi connectivity index (χ1v) is 12.5. The van der Waals surface area contributed by atoms with Gasteiger partial charge in [-0.15, -0.1) is 0 Å². The van der Waals surface area contributed by atoms with Crippen LogP contribution in [-0.4, -0.2) is 5.78 Å². The van der Waals surface area contributed by atoms with Gasteiger partial charge in [-0.2, -0.15) is 0 Å². The van der Waals surface area contributed by atoms with E-state index < -0.39 is 0 Å². The Morgan fingerprint density at radius 2 is 1.69 bits per heavy atom. The van der Waals surface area contributed by atoms with Crippen LogP contribution in [-0.2, 0) is 4.79 Å². The van der Waals surface area contributed by atoms with E-state index in [1.165, 1.54) is 25.7 Å². The Labute approximate surface area is 179 Å². The Kier molecular flexibility index (Phi) is 5.67. The number of ketones is 1. The normalized spacial score (nSPS) is 46.4. The number of Topliss-reactive ketones (excluding diaryl/α,β-unsaturated/α-hetero) is 1. The Morgan fingerprint density at radius 3 is 2.41 bits per heavy atom. The summed E-state index contributed by atoms with van der Waals surface area (Å²) in [5.74, 6) is 5.87. The summed E-state index contributed by atoms with van der Waals surface area (Å²) < 4.78 is 0. The van der Waals surface area contributed by atoms with Gasteiger partial charge in [-0.1, -0.05) is 65.8 Å². The molecule has 1 heteroatoms. The molecule has 1 nitrogen and oxygen atoms in total. The maximum Gasteiger partial charge on any atom is 0.137 e. The lowest BCUT2D eigenvalue weighted by Crippen LogP contribution is -2.55. The minimum atomic E-state index is 0.229. The predicted molar refractivity (Wildman–Crippen MR) is 122 cm³/mol. The summed E-state index contributed by atoms with van der Waals surface area (Å²) in [5, 5.41) is 0. The molecule has 0 radical (unpaired) electrons. The zero-order valence-corrected chi connectivity index (χ0v) is 19.8. The molecule has 0 N–H and O–H groups in total. The molecule has 3 saturated carbocycles. The van der Waals surface area contributed by atoms with Gasteiger partial charge in [0, 0.05) is 12.3 Å². The molecule has 9 atom stereocenters. The number of carbonyl (C=O) groups excluding carboxylic acids is 1. The Bertz CT molecular complexity index is 686. The van der Waals surface area contributed by atoms with Crippen molar-refractivity contribution < 1.29 is 4.79 Å². The van der Waals surface area contributed by atoms with Crippen molar-refractivity contribution in [3.63, 3.8) is 0 Å². The SMILES string of the molecule is CC(C)[C@H](C)C=C[C@@H](C)[C@H]1CC[C@H]2[C@@H]3CC(=O)[C@H]4CC=CC[C@]4(C)[C@H]3CC[C@]12C. The molecule has 0 aromatic carbocycles. The van der Waals surface area contributed by atoms with Gasteiger partial charge >= 0.3 is 0 Å². The summed E-state index contributed by atoms with van der Waals surface area (Å²) in [6.07, 6.45) is 18.1. The summed E-state index contributed by atoms with van der Waals surface area (Å²) in [7, 11) is 0. The van der Waals surface area contributed by atoms with Crippen LogP contribution in [0.25, 0.3) is 0 Å². The van der Waals surface area contributed by atoms with Crippen LogP contribution in [0.2, 0.25) is 0 Å². The summed E-state index contributed by atoms with van der Waals surface area (Å²) in [6, 6.07) is 0. The molecular weight excluding hydrogens is 352 g/mol. The van der Waals surface area contributed by atoms with Crippen LogP contribution < -0.4 is 0 Å². The van der Waals surface area contributed by atoms with Crippen molar-refractivity contribution in [2.24, 2.45) is 58.2 Å². The first kappa shape index (κ1) is 21.4. The minimum absolute atomic E-state index is 0.229. The van der Waals surface area contributed by atoms with E-state index in [2.05, 4.69) is 65.8 Å². The third kappa shape index (κ3) is 3.39. The number of rotatable bonds is 4. The van der Waals surface area contributed by atoms with Gasteiger partial charge in [0.2, 0.25) is 0 Å². The average Bonchev–Trinajstić information content (AvgIpc) is 3.03. The predicted octanol–water partition coefficient (Wildman–Crippen LogP) is 7.47. The van der Waals surface area contributed by atoms with Crippen molar-refractivity contribution >= 4 is 5.78 Å². The van der Waals surface area contributed by atoms with Crippen LogP contribution >= 0.6 is 0 Å². The van der Waals surface area contributed by atoms with Gasteiger partial charge in [0.15, 0.2) is 0 Å². The highest BCUT2D eigenvalue weighted by Gasteiger charge is 2.61. The second kappa shape index (κ2) is 7.69. The Morgan fingerprint density at radius 1 is 0.966 bits per heavy atom. The average molecular weight is 397 g/mol. The molecule has 4 rings (SSSR count). The topological polar surface area (TPSA) is 17.1 Å².